The molecule has 2 aromatic rings. The number of methoxy groups -OCH3 is 2. The van der Waals surface area contributed by atoms with Crippen LogP contribution in [-0.2, 0) is 9.53 Å². The predicted octanol–water partition coefficient (Wildman–Crippen LogP) is 7.35. The van der Waals surface area contributed by atoms with Gasteiger partial charge in [0.25, 0.3) is 5.91 Å². The van der Waals surface area contributed by atoms with Crippen molar-refractivity contribution in [2.75, 3.05) is 19.5 Å². The highest BCUT2D eigenvalue weighted by Crippen LogP contribution is 2.79. The minimum atomic E-state index is -1.17. The highest BCUT2D eigenvalue weighted by atomic mass is 127. The fourth-order valence-corrected chi connectivity index (χ4v) is 10.2. The third-order valence-electron chi connectivity index (χ3n) is 11.0. The Morgan fingerprint density at radius 3 is 2.20 bits per heavy atom. The Labute approximate surface area is 286 Å². The molecule has 0 aliphatic heterocycles. The van der Waals surface area contributed by atoms with Gasteiger partial charge in [-0.3, -0.25) is 10.2 Å². The van der Waals surface area contributed by atoms with Crippen molar-refractivity contribution >= 4 is 45.6 Å². The second-order valence-corrected chi connectivity index (χ2v) is 16.4. The van der Waals surface area contributed by atoms with Gasteiger partial charge in [0.05, 0.1) is 36.6 Å². The summed E-state index contributed by atoms with van der Waals surface area (Å²) in [5, 5.41) is 27.8. The Hall–Kier alpha value is -2.63. The van der Waals surface area contributed by atoms with Gasteiger partial charge in [0, 0.05) is 9.26 Å². The number of aliphatic hydroxyl groups is 1. The lowest BCUT2D eigenvalue weighted by Crippen LogP contribution is -2.79. The molecule has 0 saturated heterocycles. The first-order valence-corrected chi connectivity index (χ1v) is 17.6. The normalized spacial score (nSPS) is 30.1. The van der Waals surface area contributed by atoms with Crippen molar-refractivity contribution in [1.82, 2.24) is 5.32 Å². The fourth-order valence-electron chi connectivity index (χ4n) is 9.64. The lowest BCUT2D eigenvalue weighted by molar-refractivity contribution is -0.281. The summed E-state index contributed by atoms with van der Waals surface area (Å²) < 4.78 is 18.9. The predicted molar refractivity (Wildman–Crippen MR) is 189 cm³/mol. The smallest absolute Gasteiger partial charge is 0.269 e. The van der Waals surface area contributed by atoms with E-state index in [1.807, 2.05) is 51.1 Å². The van der Waals surface area contributed by atoms with Crippen molar-refractivity contribution in [3.63, 3.8) is 0 Å². The number of ether oxygens (including phenoxy) is 3. The van der Waals surface area contributed by atoms with Crippen LogP contribution in [-0.4, -0.2) is 48.4 Å². The largest absolute Gasteiger partial charge is 0.496 e. The quantitative estimate of drug-likeness (QED) is 0.109. The molecule has 0 aromatic heterocycles. The first-order valence-electron chi connectivity index (χ1n) is 16.5. The summed E-state index contributed by atoms with van der Waals surface area (Å²) in [6, 6.07) is 11.7. The van der Waals surface area contributed by atoms with Crippen molar-refractivity contribution in [1.29, 1.82) is 5.41 Å². The number of carbonyl (C=O) groups is 1. The van der Waals surface area contributed by atoms with E-state index in [1.165, 1.54) is 19.3 Å². The lowest BCUT2D eigenvalue weighted by Gasteiger charge is -2.66. The molecule has 1 amide bonds. The van der Waals surface area contributed by atoms with Crippen LogP contribution in [0.1, 0.15) is 83.8 Å². The van der Waals surface area contributed by atoms with E-state index in [1.54, 1.807) is 20.3 Å². The van der Waals surface area contributed by atoms with Crippen LogP contribution in [0.15, 0.2) is 42.5 Å². The molecule has 1 spiro atoms. The van der Waals surface area contributed by atoms with E-state index in [0.717, 1.165) is 27.7 Å². The maximum atomic E-state index is 14.2. The summed E-state index contributed by atoms with van der Waals surface area (Å²) in [6.07, 6.45) is 5.94. The van der Waals surface area contributed by atoms with Crippen LogP contribution in [0.5, 0.6) is 11.5 Å². The highest BCUT2D eigenvalue weighted by molar-refractivity contribution is 14.1. The van der Waals surface area contributed by atoms with Crippen molar-refractivity contribution in [3.05, 3.63) is 57.2 Å². The molecule has 5 unspecified atom stereocenters. The lowest BCUT2D eigenvalue weighted by atomic mass is 9.44. The molecule has 4 aliphatic carbocycles. The van der Waals surface area contributed by atoms with Crippen LogP contribution < -0.4 is 20.1 Å². The van der Waals surface area contributed by atoms with Gasteiger partial charge in [-0.2, -0.15) is 0 Å². The zero-order valence-electron chi connectivity index (χ0n) is 28.0. The first-order chi connectivity index (χ1) is 21.7. The number of fused-ring (bicyclic) bond motifs is 2. The number of carbonyl (C=O) groups excluding carboxylic acids is 1. The van der Waals surface area contributed by atoms with Gasteiger partial charge < -0.3 is 30.0 Å². The topological polar surface area (TPSA) is 113 Å². The Kier molecular flexibility index (Phi) is 8.76. The van der Waals surface area contributed by atoms with Crippen molar-refractivity contribution in [2.24, 2.45) is 29.1 Å². The molecular formula is C37H48IN3O5. The monoisotopic (exact) mass is 741 g/mol. The average molecular weight is 742 g/mol. The van der Waals surface area contributed by atoms with Gasteiger partial charge in [0.2, 0.25) is 0 Å². The molecular weight excluding hydrogens is 693 g/mol. The maximum absolute atomic E-state index is 14.2. The standard InChI is InChI=1S/C37H48IN3O5/c1-20(2)24-16-23(38)11-12-26(24)40-27(32-28(44-6)9-8-10-29(32)45-7)17-25(39)33(42)41-37(34(43)46-35(3,4)5)30-14-21-13-22-15-31(37)36(30,18-21)19-22/h8-12,16-17,20-22,30-31,34,39-40,43H,13-15,18-19H2,1-7H3,(H,41,42)/b27-17-,39-25?. The summed E-state index contributed by atoms with van der Waals surface area (Å²) in [6.45, 7) is 10.1. The van der Waals surface area contributed by atoms with E-state index in [9.17, 15) is 9.90 Å². The van der Waals surface area contributed by atoms with E-state index in [-0.39, 0.29) is 28.9 Å². The molecule has 4 aliphatic rings. The Morgan fingerprint density at radius 1 is 1.04 bits per heavy atom. The number of halogens is 1. The average Bonchev–Trinajstić information content (AvgIpc) is 3.39. The maximum Gasteiger partial charge on any atom is 0.269 e. The Balaban J connectivity index is 1.38. The Bertz CT molecular complexity index is 1520. The second kappa shape index (κ2) is 12.1. The minimum Gasteiger partial charge on any atom is -0.496 e. The van der Waals surface area contributed by atoms with Crippen LogP contribution >= 0.6 is 22.6 Å². The molecule has 6 rings (SSSR count). The van der Waals surface area contributed by atoms with E-state index in [4.69, 9.17) is 19.6 Å². The number of amides is 1. The molecule has 2 aromatic carbocycles. The number of rotatable bonds is 11. The molecule has 8 nitrogen and oxygen atoms in total. The number of anilines is 1. The summed E-state index contributed by atoms with van der Waals surface area (Å²) in [7, 11) is 3.19. The van der Waals surface area contributed by atoms with Gasteiger partial charge in [-0.25, -0.2) is 0 Å². The molecule has 4 fully saturated rings. The summed E-state index contributed by atoms with van der Waals surface area (Å²) >= 11 is 2.31. The molecule has 0 heterocycles. The number of benzene rings is 2. The molecule has 5 atom stereocenters. The second-order valence-electron chi connectivity index (χ2n) is 15.2. The van der Waals surface area contributed by atoms with E-state index in [2.05, 4.69) is 53.1 Å². The molecule has 9 heteroatoms. The molecule has 46 heavy (non-hydrogen) atoms. The van der Waals surface area contributed by atoms with E-state index >= 15 is 0 Å². The number of hydrogen-bond acceptors (Lipinski definition) is 7. The highest BCUT2D eigenvalue weighted by Gasteiger charge is 2.80. The molecule has 4 saturated carbocycles. The van der Waals surface area contributed by atoms with Crippen LogP contribution in [0.4, 0.5) is 5.69 Å². The molecule has 0 radical (unpaired) electrons. The van der Waals surface area contributed by atoms with Crippen LogP contribution in [0, 0.1) is 38.1 Å². The van der Waals surface area contributed by atoms with Gasteiger partial charge >= 0.3 is 0 Å². The summed E-state index contributed by atoms with van der Waals surface area (Å²) in [5.74, 6) is 2.32. The molecule has 3 bridgehead atoms. The number of hydrogen-bond donors (Lipinski definition) is 4. The van der Waals surface area contributed by atoms with Crippen molar-refractivity contribution < 1.29 is 24.1 Å². The van der Waals surface area contributed by atoms with E-state index in [0.29, 0.717) is 34.6 Å². The van der Waals surface area contributed by atoms with E-state index < -0.39 is 23.3 Å². The van der Waals surface area contributed by atoms with Crippen LogP contribution in [0.3, 0.4) is 0 Å². The number of aliphatic hydroxyl groups excluding tert-OH is 1. The Morgan fingerprint density at radius 2 is 1.65 bits per heavy atom. The summed E-state index contributed by atoms with van der Waals surface area (Å²) in [5.41, 5.74) is 1.50. The summed E-state index contributed by atoms with van der Waals surface area (Å²) in [4.78, 5) is 14.2. The molecule has 248 valence electrons. The first kappa shape index (κ1) is 33.3. The van der Waals surface area contributed by atoms with Crippen LogP contribution in [0.25, 0.3) is 5.70 Å². The third-order valence-corrected chi connectivity index (χ3v) is 11.7. The van der Waals surface area contributed by atoms with Gasteiger partial charge in [0.1, 0.15) is 17.2 Å². The fraction of sp³-hybridized carbons (Fsp3) is 0.568. The minimum absolute atomic E-state index is 0.132. The van der Waals surface area contributed by atoms with Gasteiger partial charge in [-0.1, -0.05) is 19.9 Å². The van der Waals surface area contributed by atoms with Crippen molar-refractivity contribution in [2.45, 2.75) is 90.1 Å². The van der Waals surface area contributed by atoms with Crippen molar-refractivity contribution in [3.8, 4) is 11.5 Å². The number of nitrogens with one attached hydrogen (secondary N) is 3. The third kappa shape index (κ3) is 5.53. The zero-order chi connectivity index (χ0) is 33.2. The van der Waals surface area contributed by atoms with Gasteiger partial charge in [0.15, 0.2) is 6.29 Å². The molecule has 4 N–H and O–H groups in total. The SMILES string of the molecule is COc1cccc(OC)c1/C(=C/C(=N)C(=O)NC1(C(O)OC(C)(C)C)C2CC3CC4CC1C2(C3)C4)Nc1ccc(I)cc1C(C)C. The zero-order valence-corrected chi connectivity index (χ0v) is 30.2. The van der Waals surface area contributed by atoms with Crippen LogP contribution in [0.2, 0.25) is 0 Å². The van der Waals surface area contributed by atoms with Gasteiger partial charge in [-0.15, -0.1) is 0 Å². The van der Waals surface area contributed by atoms with Gasteiger partial charge in [-0.05, 0) is 152 Å².